The SMILES string of the molecule is CC1CN(C(=O)c2ccc(Cl)cc2[N+](=O)[O-])CCC1=O. The van der Waals surface area contributed by atoms with Crippen molar-refractivity contribution in [2.24, 2.45) is 5.92 Å². The Morgan fingerprint density at radius 1 is 1.50 bits per heavy atom. The van der Waals surface area contributed by atoms with E-state index in [0.29, 0.717) is 6.54 Å². The van der Waals surface area contributed by atoms with Gasteiger partial charge < -0.3 is 4.90 Å². The van der Waals surface area contributed by atoms with Gasteiger partial charge in [-0.1, -0.05) is 18.5 Å². The molecule has 7 heteroatoms. The van der Waals surface area contributed by atoms with Gasteiger partial charge in [0.25, 0.3) is 11.6 Å². The van der Waals surface area contributed by atoms with Gasteiger partial charge in [0.2, 0.25) is 0 Å². The molecule has 0 aliphatic carbocycles. The molecule has 1 heterocycles. The number of amides is 1. The first-order valence-corrected chi connectivity index (χ1v) is 6.54. The summed E-state index contributed by atoms with van der Waals surface area (Å²) in [5.41, 5.74) is -0.312. The minimum Gasteiger partial charge on any atom is -0.337 e. The van der Waals surface area contributed by atoms with Crippen molar-refractivity contribution in [1.29, 1.82) is 0 Å². The van der Waals surface area contributed by atoms with Crippen LogP contribution in [0.25, 0.3) is 0 Å². The highest BCUT2D eigenvalue weighted by molar-refractivity contribution is 6.31. The Balaban J connectivity index is 2.30. The highest BCUT2D eigenvalue weighted by Gasteiger charge is 2.30. The lowest BCUT2D eigenvalue weighted by Crippen LogP contribution is -2.43. The van der Waals surface area contributed by atoms with Gasteiger partial charge in [-0.05, 0) is 12.1 Å². The number of carbonyl (C=O) groups excluding carboxylic acids is 2. The third-order valence-electron chi connectivity index (χ3n) is 3.35. The van der Waals surface area contributed by atoms with Crippen LogP contribution in [-0.2, 0) is 4.79 Å². The summed E-state index contributed by atoms with van der Waals surface area (Å²) >= 11 is 5.72. The number of hydrogen-bond donors (Lipinski definition) is 0. The molecule has 0 spiro atoms. The monoisotopic (exact) mass is 296 g/mol. The smallest absolute Gasteiger partial charge is 0.283 e. The summed E-state index contributed by atoms with van der Waals surface area (Å²) in [6, 6.07) is 3.96. The van der Waals surface area contributed by atoms with E-state index in [2.05, 4.69) is 0 Å². The number of rotatable bonds is 2. The second kappa shape index (κ2) is 5.58. The van der Waals surface area contributed by atoms with Crippen LogP contribution in [0, 0.1) is 16.0 Å². The number of ketones is 1. The zero-order chi connectivity index (χ0) is 14.9. The number of carbonyl (C=O) groups is 2. The Hall–Kier alpha value is -1.95. The minimum atomic E-state index is -0.627. The first-order valence-electron chi connectivity index (χ1n) is 6.16. The molecule has 1 aromatic carbocycles. The number of likely N-dealkylation sites (tertiary alicyclic amines) is 1. The molecule has 1 aliphatic heterocycles. The quantitative estimate of drug-likeness (QED) is 0.619. The van der Waals surface area contributed by atoms with E-state index >= 15 is 0 Å². The zero-order valence-corrected chi connectivity index (χ0v) is 11.6. The van der Waals surface area contributed by atoms with Crippen LogP contribution < -0.4 is 0 Å². The Bertz CT molecular complexity index is 588. The largest absolute Gasteiger partial charge is 0.337 e. The van der Waals surface area contributed by atoms with E-state index in [0.717, 1.165) is 6.07 Å². The molecule has 2 rings (SSSR count). The summed E-state index contributed by atoms with van der Waals surface area (Å²) in [7, 11) is 0. The summed E-state index contributed by atoms with van der Waals surface area (Å²) in [5, 5.41) is 11.2. The van der Waals surface area contributed by atoms with Crippen LogP contribution in [0.1, 0.15) is 23.7 Å². The van der Waals surface area contributed by atoms with Gasteiger partial charge in [0, 0.05) is 36.5 Å². The number of hydrogen-bond acceptors (Lipinski definition) is 4. The lowest BCUT2D eigenvalue weighted by molar-refractivity contribution is -0.385. The van der Waals surface area contributed by atoms with Gasteiger partial charge in [-0.3, -0.25) is 19.7 Å². The normalized spacial score (nSPS) is 19.0. The molecule has 0 saturated carbocycles. The molecule has 1 amide bonds. The highest BCUT2D eigenvalue weighted by Crippen LogP contribution is 2.25. The highest BCUT2D eigenvalue weighted by atomic mass is 35.5. The van der Waals surface area contributed by atoms with E-state index in [4.69, 9.17) is 11.6 Å². The molecule has 0 bridgehead atoms. The van der Waals surface area contributed by atoms with Crippen LogP contribution in [0.4, 0.5) is 5.69 Å². The van der Waals surface area contributed by atoms with Crippen molar-refractivity contribution in [3.8, 4) is 0 Å². The van der Waals surface area contributed by atoms with Crippen LogP contribution in [0.15, 0.2) is 18.2 Å². The van der Waals surface area contributed by atoms with Crippen molar-refractivity contribution < 1.29 is 14.5 Å². The average molecular weight is 297 g/mol. The fraction of sp³-hybridized carbons (Fsp3) is 0.385. The van der Waals surface area contributed by atoms with Crippen LogP contribution in [-0.4, -0.2) is 34.6 Å². The van der Waals surface area contributed by atoms with E-state index in [1.165, 1.54) is 17.0 Å². The van der Waals surface area contributed by atoms with E-state index in [-0.39, 0.29) is 40.9 Å². The number of halogens is 1. The van der Waals surface area contributed by atoms with Crippen molar-refractivity contribution in [2.45, 2.75) is 13.3 Å². The molecule has 106 valence electrons. The Kier molecular flexibility index (Phi) is 4.04. The van der Waals surface area contributed by atoms with E-state index in [9.17, 15) is 19.7 Å². The molecular weight excluding hydrogens is 284 g/mol. The van der Waals surface area contributed by atoms with Gasteiger partial charge in [0.1, 0.15) is 11.3 Å². The molecule has 0 radical (unpaired) electrons. The first-order chi connectivity index (χ1) is 9.40. The molecule has 1 saturated heterocycles. The molecule has 1 atom stereocenters. The van der Waals surface area contributed by atoms with E-state index < -0.39 is 10.8 Å². The zero-order valence-electron chi connectivity index (χ0n) is 10.8. The van der Waals surface area contributed by atoms with Gasteiger partial charge in [0.15, 0.2) is 0 Å². The number of piperidine rings is 1. The Morgan fingerprint density at radius 2 is 2.20 bits per heavy atom. The van der Waals surface area contributed by atoms with Crippen LogP contribution >= 0.6 is 11.6 Å². The fourth-order valence-corrected chi connectivity index (χ4v) is 2.37. The number of benzene rings is 1. The molecule has 1 aromatic rings. The molecule has 1 unspecified atom stereocenters. The van der Waals surface area contributed by atoms with Gasteiger partial charge in [-0.2, -0.15) is 0 Å². The lowest BCUT2D eigenvalue weighted by Gasteiger charge is -2.30. The Morgan fingerprint density at radius 3 is 2.80 bits per heavy atom. The molecule has 20 heavy (non-hydrogen) atoms. The summed E-state index contributed by atoms with van der Waals surface area (Å²) in [6.45, 7) is 2.33. The number of nitro benzene ring substituents is 1. The van der Waals surface area contributed by atoms with Gasteiger partial charge in [-0.15, -0.1) is 0 Å². The van der Waals surface area contributed by atoms with Crippen molar-refractivity contribution in [2.75, 3.05) is 13.1 Å². The van der Waals surface area contributed by atoms with E-state index in [1.807, 2.05) is 0 Å². The van der Waals surface area contributed by atoms with Gasteiger partial charge >= 0.3 is 0 Å². The van der Waals surface area contributed by atoms with E-state index in [1.54, 1.807) is 6.92 Å². The molecule has 0 aromatic heterocycles. The maximum atomic E-state index is 12.4. The van der Waals surface area contributed by atoms with Gasteiger partial charge in [-0.25, -0.2) is 0 Å². The molecule has 1 aliphatic rings. The second-order valence-corrected chi connectivity index (χ2v) is 5.22. The predicted molar refractivity (Wildman–Crippen MR) is 72.8 cm³/mol. The Labute approximate surface area is 120 Å². The molecule has 6 nitrogen and oxygen atoms in total. The third kappa shape index (κ3) is 2.80. The standard InChI is InChI=1S/C13H13ClN2O4/c1-8-7-15(5-4-12(8)17)13(18)10-3-2-9(14)6-11(10)16(19)20/h2-3,6,8H,4-5,7H2,1H3. The third-order valence-corrected chi connectivity index (χ3v) is 3.58. The van der Waals surface area contributed by atoms with Crippen molar-refractivity contribution in [3.63, 3.8) is 0 Å². The first kappa shape index (κ1) is 14.5. The number of nitro groups is 1. The van der Waals surface area contributed by atoms with Crippen LogP contribution in [0.3, 0.4) is 0 Å². The van der Waals surface area contributed by atoms with Crippen molar-refractivity contribution >= 4 is 29.0 Å². The van der Waals surface area contributed by atoms with Crippen molar-refractivity contribution in [3.05, 3.63) is 38.9 Å². The summed E-state index contributed by atoms with van der Waals surface area (Å²) in [6.07, 6.45) is 0.286. The van der Waals surface area contributed by atoms with Crippen molar-refractivity contribution in [1.82, 2.24) is 4.90 Å². The van der Waals surface area contributed by atoms with Crippen LogP contribution in [0.2, 0.25) is 5.02 Å². The fourth-order valence-electron chi connectivity index (χ4n) is 2.21. The number of Topliss-reactive ketones (excluding diaryl/α,β-unsaturated/α-hetero) is 1. The maximum absolute atomic E-state index is 12.4. The predicted octanol–water partition coefficient (Wildman–Crippen LogP) is 2.30. The lowest BCUT2D eigenvalue weighted by atomic mass is 9.98. The van der Waals surface area contributed by atoms with Crippen LogP contribution in [0.5, 0.6) is 0 Å². The summed E-state index contributed by atoms with van der Waals surface area (Å²) in [5.74, 6) is -0.563. The number of nitrogens with zero attached hydrogens (tertiary/aromatic N) is 2. The minimum absolute atomic E-state index is 0.000879. The molecule has 0 N–H and O–H groups in total. The maximum Gasteiger partial charge on any atom is 0.283 e. The van der Waals surface area contributed by atoms with Gasteiger partial charge in [0.05, 0.1) is 4.92 Å². The topological polar surface area (TPSA) is 80.5 Å². The molecule has 1 fully saturated rings. The average Bonchev–Trinajstić information content (AvgIpc) is 2.41. The second-order valence-electron chi connectivity index (χ2n) is 4.79. The summed E-state index contributed by atoms with van der Waals surface area (Å²) < 4.78 is 0. The molecular formula is C13H13ClN2O4. The summed E-state index contributed by atoms with van der Waals surface area (Å²) in [4.78, 5) is 35.7.